The molecule has 0 N–H and O–H groups in total. The minimum atomic E-state index is -4.25. The van der Waals surface area contributed by atoms with Crippen LogP contribution in [0.5, 0.6) is 46.0 Å². The van der Waals surface area contributed by atoms with Crippen molar-refractivity contribution >= 4 is 22.1 Å². The molecule has 0 fully saturated rings. The topological polar surface area (TPSA) is 184 Å². The summed E-state index contributed by atoms with van der Waals surface area (Å²) in [5.41, 5.74) is 7.00. The van der Waals surface area contributed by atoms with Gasteiger partial charge in [-0.05, 0) is 102 Å². The zero-order valence-corrected chi connectivity index (χ0v) is 47.2. The van der Waals surface area contributed by atoms with Gasteiger partial charge in [-0.2, -0.15) is 0 Å². The van der Waals surface area contributed by atoms with Gasteiger partial charge in [0.15, 0.2) is 46.0 Å². The fourth-order valence-corrected chi connectivity index (χ4v) is 11.0. The molecule has 77 heavy (non-hydrogen) atoms. The maximum absolute atomic E-state index is 13.2. The van der Waals surface area contributed by atoms with Crippen LogP contribution in [0.4, 0.5) is 0 Å². The molecule has 5 aromatic rings. The number of quaternary nitrogens is 2. The summed E-state index contributed by atoms with van der Waals surface area (Å²) < 4.78 is 88.7. The second kappa shape index (κ2) is 27.5. The molecule has 2 aliphatic heterocycles. The van der Waals surface area contributed by atoms with E-state index in [1.807, 2.05) is 24.3 Å². The molecule has 0 unspecified atom stereocenters. The van der Waals surface area contributed by atoms with E-state index in [0.717, 1.165) is 56.3 Å². The summed E-state index contributed by atoms with van der Waals surface area (Å²) in [5.74, 6) is 5.06. The predicted molar refractivity (Wildman–Crippen MR) is 290 cm³/mol. The van der Waals surface area contributed by atoms with Crippen molar-refractivity contribution in [3.63, 3.8) is 0 Å². The van der Waals surface area contributed by atoms with Crippen LogP contribution in [0.15, 0.2) is 95.9 Å². The second-order valence-corrected chi connectivity index (χ2v) is 21.1. The molecular formula is C59H77N2O15S+. The van der Waals surface area contributed by atoms with Crippen LogP contribution in [-0.2, 0) is 54.9 Å². The van der Waals surface area contributed by atoms with Gasteiger partial charge in [-0.25, -0.2) is 8.42 Å². The Morgan fingerprint density at radius 1 is 0.494 bits per heavy atom. The summed E-state index contributed by atoms with van der Waals surface area (Å²) in [6, 6.07) is 27.7. The molecule has 0 saturated heterocycles. The highest BCUT2D eigenvalue weighted by Crippen LogP contribution is 2.45. The van der Waals surface area contributed by atoms with Crippen molar-refractivity contribution in [3.8, 4) is 46.0 Å². The third kappa shape index (κ3) is 15.3. The fraction of sp³-hybridized carbons (Fsp3) is 0.458. The van der Waals surface area contributed by atoms with Gasteiger partial charge in [0.25, 0.3) is 0 Å². The molecule has 17 nitrogen and oxygen atoms in total. The van der Waals surface area contributed by atoms with Gasteiger partial charge in [-0.15, -0.1) is 0 Å². The zero-order valence-electron chi connectivity index (χ0n) is 46.3. The quantitative estimate of drug-likeness (QED) is 0.0234. The first kappa shape index (κ1) is 59.5. The Morgan fingerprint density at radius 3 is 1.21 bits per heavy atom. The van der Waals surface area contributed by atoms with Crippen LogP contribution < -0.4 is 37.9 Å². The lowest BCUT2D eigenvalue weighted by Crippen LogP contribution is -2.53. The van der Waals surface area contributed by atoms with Crippen LogP contribution in [0.1, 0.15) is 77.6 Å². The average Bonchev–Trinajstić information content (AvgIpc) is 3.46. The van der Waals surface area contributed by atoms with Crippen molar-refractivity contribution in [2.75, 3.05) is 110 Å². The molecule has 2 aliphatic rings. The molecular weight excluding hydrogens is 1010 g/mol. The Morgan fingerprint density at radius 2 is 0.857 bits per heavy atom. The van der Waals surface area contributed by atoms with Crippen molar-refractivity contribution in [2.24, 2.45) is 0 Å². The summed E-state index contributed by atoms with van der Waals surface area (Å²) in [6.45, 7) is 3.57. The Kier molecular flexibility index (Phi) is 21.3. The van der Waals surface area contributed by atoms with E-state index in [4.69, 9.17) is 47.4 Å². The van der Waals surface area contributed by atoms with Gasteiger partial charge in [-0.3, -0.25) is 9.59 Å². The van der Waals surface area contributed by atoms with Crippen LogP contribution >= 0.6 is 0 Å². The lowest BCUT2D eigenvalue weighted by Gasteiger charge is -2.46. The highest BCUT2D eigenvalue weighted by atomic mass is 32.2. The number of nitrogens with zero attached hydrogens (tertiary/aromatic N) is 2. The standard InChI is InChI=1S/C53H72N2O12.C6H6O3S/c1-54(22-18-38-32-48(62-7)50(64-9)34-40(38)42(54)28-36-14-16-44(58-3)46(30-36)60-5)24-20-52(56)66-26-12-11-13-27-67-53(57)21-25-55(2)23-19-39-33-49(63-8)51(65-10)35-41(39)43(55)29-37-15-17-45(59-4)47(31-37)61-6;7-10(8,9)6-4-2-1-3-5-6/h14-17,30-35,42-43H,11-13,18-29H2,1-10H3;1-5H,(H,7,8,9)/q+2;/p-1/t42-,43+,54-,55-;/m0./s1. The molecule has 18 heteroatoms. The minimum absolute atomic E-state index is 0.0393. The Balaban J connectivity index is 0.000000861. The molecule has 0 spiro atoms. The van der Waals surface area contributed by atoms with Crippen molar-refractivity contribution in [3.05, 3.63) is 124 Å². The van der Waals surface area contributed by atoms with E-state index in [9.17, 15) is 22.6 Å². The number of unbranched alkanes of at least 4 members (excludes halogenated alkanes) is 2. The van der Waals surface area contributed by atoms with E-state index in [1.54, 1.807) is 62.9 Å². The first-order valence-corrected chi connectivity index (χ1v) is 27.3. The van der Waals surface area contributed by atoms with Crippen molar-refractivity contribution in [1.29, 1.82) is 0 Å². The number of likely N-dealkylation sites (N-methyl/N-ethyl adjacent to an activating group) is 2. The van der Waals surface area contributed by atoms with E-state index in [0.29, 0.717) is 107 Å². The number of hydrogen-bond donors (Lipinski definition) is 0. The Labute approximate surface area is 454 Å². The normalized spacial score (nSPS) is 18.5. The minimum Gasteiger partial charge on any atom is -0.744 e. The summed E-state index contributed by atoms with van der Waals surface area (Å²) >= 11 is 0. The molecule has 2 heterocycles. The van der Waals surface area contributed by atoms with Crippen LogP contribution in [0.3, 0.4) is 0 Å². The fourth-order valence-electron chi connectivity index (χ4n) is 10.5. The number of fused-ring (bicyclic) bond motifs is 2. The lowest BCUT2D eigenvalue weighted by atomic mass is 9.86. The molecule has 0 bridgehead atoms. The van der Waals surface area contributed by atoms with E-state index in [-0.39, 0.29) is 28.9 Å². The second-order valence-electron chi connectivity index (χ2n) is 19.8. The summed E-state index contributed by atoms with van der Waals surface area (Å²) in [4.78, 5) is 26.2. The van der Waals surface area contributed by atoms with E-state index >= 15 is 0 Å². The third-order valence-corrected chi connectivity index (χ3v) is 15.9. The van der Waals surface area contributed by atoms with E-state index in [1.165, 1.54) is 46.5 Å². The largest absolute Gasteiger partial charge is 0.744 e. The monoisotopic (exact) mass is 1090 g/mol. The highest BCUT2D eigenvalue weighted by molar-refractivity contribution is 7.85. The van der Waals surface area contributed by atoms with Crippen molar-refractivity contribution in [2.45, 2.75) is 74.8 Å². The first-order valence-electron chi connectivity index (χ1n) is 25.9. The lowest BCUT2D eigenvalue weighted by molar-refractivity contribution is -0.940. The Bertz CT molecular complexity index is 2720. The number of methoxy groups -OCH3 is 8. The maximum Gasteiger partial charge on any atom is 0.311 e. The number of carbonyl (C=O) groups excluding carboxylic acids is 2. The molecule has 0 saturated carbocycles. The number of hydrogen-bond acceptors (Lipinski definition) is 15. The molecule has 5 aromatic carbocycles. The van der Waals surface area contributed by atoms with Crippen molar-refractivity contribution in [1.82, 2.24) is 0 Å². The first-order chi connectivity index (χ1) is 37.0. The summed E-state index contributed by atoms with van der Waals surface area (Å²) in [6.07, 6.45) is 5.85. The maximum atomic E-state index is 13.2. The Hall–Kier alpha value is -6.73. The number of rotatable bonds is 25. The zero-order chi connectivity index (χ0) is 55.8. The summed E-state index contributed by atoms with van der Waals surface area (Å²) in [7, 11) is 13.4. The summed E-state index contributed by atoms with van der Waals surface area (Å²) in [5, 5.41) is 0. The molecule has 0 aromatic heterocycles. The van der Waals surface area contributed by atoms with E-state index in [2.05, 4.69) is 50.5 Å². The molecule has 0 aliphatic carbocycles. The third-order valence-electron chi connectivity index (χ3n) is 15.1. The van der Waals surface area contributed by atoms with Gasteiger partial charge < -0.3 is 60.9 Å². The van der Waals surface area contributed by atoms with Gasteiger partial charge in [0.2, 0.25) is 0 Å². The van der Waals surface area contributed by atoms with Crippen LogP contribution in [-0.4, -0.2) is 144 Å². The van der Waals surface area contributed by atoms with Crippen LogP contribution in [0.2, 0.25) is 0 Å². The molecule has 0 radical (unpaired) electrons. The van der Waals surface area contributed by atoms with Crippen LogP contribution in [0, 0.1) is 0 Å². The number of esters is 2. The number of benzene rings is 5. The van der Waals surface area contributed by atoms with Gasteiger partial charge >= 0.3 is 11.9 Å². The predicted octanol–water partition coefficient (Wildman–Crippen LogP) is 8.66. The average molecular weight is 1090 g/mol. The van der Waals surface area contributed by atoms with Gasteiger partial charge in [-0.1, -0.05) is 30.3 Å². The van der Waals surface area contributed by atoms with Crippen LogP contribution in [0.25, 0.3) is 0 Å². The van der Waals surface area contributed by atoms with Gasteiger partial charge in [0, 0.05) is 36.8 Å². The van der Waals surface area contributed by atoms with E-state index < -0.39 is 10.1 Å². The number of ether oxygens (including phenoxy) is 10. The van der Waals surface area contributed by atoms with Gasteiger partial charge in [0.1, 0.15) is 22.2 Å². The highest BCUT2D eigenvalue weighted by Gasteiger charge is 2.42. The SMILES string of the molecule is COc1ccc(C[C@@H]2c3cc(OC)c(OC)cc3CC[N@@+]2(C)CCC(=O)OCCCCCOC(=O)CC[N@+]2(C)CCc3cc(OC)c(OC)cc3[C@@H]2Cc2ccc(OC)c(OC)c2)cc1OC.O=S(=O)([O-])c1ccccc1. The molecule has 4 atom stereocenters. The van der Waals surface area contributed by atoms with Crippen molar-refractivity contribution < 1.29 is 78.9 Å². The van der Waals surface area contributed by atoms with Gasteiger partial charge in [0.05, 0.1) is 128 Å². The molecule has 418 valence electrons. The molecule has 0 amide bonds. The number of carbonyl (C=O) groups is 2. The molecule has 7 rings (SSSR count). The smallest absolute Gasteiger partial charge is 0.311 e.